The zero-order valence-electron chi connectivity index (χ0n) is 32.3. The first-order valence-corrected chi connectivity index (χ1v) is 19.9. The van der Waals surface area contributed by atoms with Crippen LogP contribution in [0.1, 0.15) is 85.8 Å². The zero-order chi connectivity index (χ0) is 39.4. The first-order valence-electron chi connectivity index (χ1n) is 19.9. The van der Waals surface area contributed by atoms with Gasteiger partial charge in [-0.1, -0.05) is 6.07 Å². The molecule has 9 rings (SSSR count). The molecule has 3 fully saturated rings. The van der Waals surface area contributed by atoms with Gasteiger partial charge in [0, 0.05) is 81.2 Å². The first kappa shape index (κ1) is 36.7. The van der Waals surface area contributed by atoms with Gasteiger partial charge in [-0.25, -0.2) is 19.3 Å². The molecule has 0 unspecified atom stereocenters. The number of aryl methyl sites for hydroxylation is 1. The maximum Gasteiger partial charge on any atom is 0.329 e. The average Bonchev–Trinajstić information content (AvgIpc) is 3.89. The standard InChI is InChI=1S/C41H47N11O5/c1-24(2)57-35-18-36-44-32(22-50(36)21-30(35)40(55)45-31-19-43-52-14-4-13-42-39(31)52)26-7-5-25(6-8-26)20-49-15-11-28(34(53)23-49)27-9-10-29-33(17-27)48(3)47-38(29)51-16-12-37(54)46-41(51)56/h4,9-10,13-14,17-19,21-22,24-26,28,34,53H,5-8,11-12,15-16,20,23H2,1-3H3,(H,45,55)(H,46,54,56)/t25?,26?,28-,34-/m1/s1. The summed E-state index contributed by atoms with van der Waals surface area (Å²) in [5, 5.41) is 26.5. The second kappa shape index (κ2) is 14.9. The van der Waals surface area contributed by atoms with Crippen LogP contribution in [0.5, 0.6) is 5.75 Å². The van der Waals surface area contributed by atoms with Gasteiger partial charge in [-0.3, -0.25) is 24.5 Å². The number of carbonyl (C=O) groups excluding carboxylic acids is 3. The van der Waals surface area contributed by atoms with Gasteiger partial charge in [-0.2, -0.15) is 10.2 Å². The number of anilines is 2. The summed E-state index contributed by atoms with van der Waals surface area (Å²) in [5.41, 5.74) is 5.19. The van der Waals surface area contributed by atoms with Gasteiger partial charge in [-0.05, 0) is 82.2 Å². The number of hydrogen-bond donors (Lipinski definition) is 3. The fraction of sp³-hybridized carbons (Fsp3) is 0.439. The van der Waals surface area contributed by atoms with E-state index in [-0.39, 0.29) is 30.3 Å². The third-order valence-electron chi connectivity index (χ3n) is 11.7. The summed E-state index contributed by atoms with van der Waals surface area (Å²) in [5.74, 6) is 1.29. The molecular formula is C41H47N11O5. The van der Waals surface area contributed by atoms with E-state index < -0.39 is 12.1 Å². The molecular weight excluding hydrogens is 727 g/mol. The molecule has 4 amide bonds. The minimum atomic E-state index is -0.495. The van der Waals surface area contributed by atoms with Crippen molar-refractivity contribution in [2.45, 2.75) is 76.4 Å². The van der Waals surface area contributed by atoms with Gasteiger partial charge in [0.15, 0.2) is 11.5 Å². The number of piperidine rings is 1. The summed E-state index contributed by atoms with van der Waals surface area (Å²) in [6.45, 7) is 6.66. The number of urea groups is 1. The van der Waals surface area contributed by atoms with Crippen LogP contribution >= 0.6 is 0 Å². The molecule has 6 aromatic rings. The number of fused-ring (bicyclic) bond motifs is 3. The number of imide groups is 1. The molecule has 0 bridgehead atoms. The quantitative estimate of drug-likeness (QED) is 0.184. The first-order chi connectivity index (χ1) is 27.6. The Labute approximate surface area is 328 Å². The van der Waals surface area contributed by atoms with E-state index in [0.717, 1.165) is 73.0 Å². The van der Waals surface area contributed by atoms with Crippen molar-refractivity contribution in [1.82, 2.24) is 44.0 Å². The number of amides is 4. The van der Waals surface area contributed by atoms with Crippen molar-refractivity contribution in [1.29, 1.82) is 0 Å². The lowest BCUT2D eigenvalue weighted by atomic mass is 9.80. The number of nitrogens with one attached hydrogen (secondary N) is 2. The Balaban J connectivity index is 0.821. The highest BCUT2D eigenvalue weighted by molar-refractivity contribution is 6.09. The molecule has 0 spiro atoms. The van der Waals surface area contributed by atoms with Crippen molar-refractivity contribution in [2.75, 3.05) is 36.4 Å². The molecule has 296 valence electrons. The third kappa shape index (κ3) is 7.19. The Hall–Kier alpha value is -5.87. The van der Waals surface area contributed by atoms with Gasteiger partial charge < -0.3 is 24.5 Å². The van der Waals surface area contributed by atoms with E-state index >= 15 is 0 Å². The number of likely N-dealkylation sites (tertiary alicyclic amines) is 1. The monoisotopic (exact) mass is 773 g/mol. The highest BCUT2D eigenvalue weighted by Crippen LogP contribution is 2.38. The summed E-state index contributed by atoms with van der Waals surface area (Å²) < 4.78 is 11.4. The highest BCUT2D eigenvalue weighted by atomic mass is 16.5. The molecule has 7 heterocycles. The summed E-state index contributed by atoms with van der Waals surface area (Å²) in [7, 11) is 1.85. The van der Waals surface area contributed by atoms with Crippen molar-refractivity contribution in [3.8, 4) is 5.75 Å². The Kier molecular flexibility index (Phi) is 9.60. The van der Waals surface area contributed by atoms with Gasteiger partial charge in [-0.15, -0.1) is 0 Å². The fourth-order valence-electron chi connectivity index (χ4n) is 8.87. The molecule has 16 heteroatoms. The van der Waals surface area contributed by atoms with Crippen LogP contribution in [0.4, 0.5) is 16.3 Å². The van der Waals surface area contributed by atoms with Gasteiger partial charge in [0.25, 0.3) is 5.91 Å². The normalized spacial score (nSPS) is 22.2. The maximum atomic E-state index is 13.6. The van der Waals surface area contributed by atoms with Crippen LogP contribution in [-0.2, 0) is 11.8 Å². The number of pyridine rings is 1. The Morgan fingerprint density at radius 2 is 1.93 bits per heavy atom. The molecule has 2 aliphatic heterocycles. The second-order valence-electron chi connectivity index (χ2n) is 16.0. The smallest absolute Gasteiger partial charge is 0.329 e. The molecule has 1 aromatic carbocycles. The number of carbonyl (C=O) groups is 3. The molecule has 1 saturated carbocycles. The van der Waals surface area contributed by atoms with Gasteiger partial charge in [0.2, 0.25) is 5.91 Å². The SMILES string of the molecule is CC(C)Oc1cc2nc(C3CCC(CN4CC[C@H](c5ccc6c(N7CCC(=O)NC7=O)nn(C)c6c5)[C@H](O)C4)CC3)cn2cc1C(=O)Nc1cnn2cccnc12. The number of aromatic nitrogens is 7. The minimum absolute atomic E-state index is 0.00627. The molecule has 0 radical (unpaired) electrons. The number of aliphatic hydroxyl groups excluding tert-OH is 1. The fourth-order valence-corrected chi connectivity index (χ4v) is 8.87. The van der Waals surface area contributed by atoms with Crippen LogP contribution in [-0.4, -0.2) is 100 Å². The largest absolute Gasteiger partial charge is 0.490 e. The number of nitrogens with zero attached hydrogens (tertiary/aromatic N) is 9. The predicted octanol–water partition coefficient (Wildman–Crippen LogP) is 4.87. The van der Waals surface area contributed by atoms with Gasteiger partial charge in [0.1, 0.15) is 17.1 Å². The average molecular weight is 774 g/mol. The van der Waals surface area contributed by atoms with E-state index in [4.69, 9.17) is 9.72 Å². The van der Waals surface area contributed by atoms with Crippen molar-refractivity contribution in [2.24, 2.45) is 13.0 Å². The van der Waals surface area contributed by atoms with Crippen molar-refractivity contribution in [3.05, 3.63) is 78.1 Å². The van der Waals surface area contributed by atoms with Crippen LogP contribution in [0, 0.1) is 5.92 Å². The van der Waals surface area contributed by atoms with E-state index in [1.54, 1.807) is 40.1 Å². The zero-order valence-corrected chi connectivity index (χ0v) is 32.3. The molecule has 16 nitrogen and oxygen atoms in total. The minimum Gasteiger partial charge on any atom is -0.490 e. The van der Waals surface area contributed by atoms with Gasteiger partial charge in [0.05, 0.1) is 35.2 Å². The van der Waals surface area contributed by atoms with Gasteiger partial charge >= 0.3 is 6.03 Å². The van der Waals surface area contributed by atoms with Crippen LogP contribution in [0.25, 0.3) is 22.2 Å². The molecule has 57 heavy (non-hydrogen) atoms. The summed E-state index contributed by atoms with van der Waals surface area (Å²) in [6, 6.07) is 9.27. The van der Waals surface area contributed by atoms with Crippen LogP contribution in [0.2, 0.25) is 0 Å². The maximum absolute atomic E-state index is 13.6. The Bertz CT molecular complexity index is 2500. The van der Waals surface area contributed by atoms with Crippen LogP contribution in [0.3, 0.4) is 0 Å². The van der Waals surface area contributed by atoms with Crippen LogP contribution < -0.4 is 20.3 Å². The number of benzene rings is 1. The van der Waals surface area contributed by atoms with Crippen molar-refractivity contribution >= 4 is 51.5 Å². The lowest BCUT2D eigenvalue weighted by Crippen LogP contribution is -2.49. The van der Waals surface area contributed by atoms with E-state index in [2.05, 4.69) is 36.8 Å². The third-order valence-corrected chi connectivity index (χ3v) is 11.7. The number of imidazole rings is 1. The number of hydrogen-bond acceptors (Lipinski definition) is 10. The topological polar surface area (TPSA) is 177 Å². The van der Waals surface area contributed by atoms with Crippen molar-refractivity contribution in [3.63, 3.8) is 0 Å². The number of ether oxygens (including phenoxy) is 1. The lowest BCUT2D eigenvalue weighted by molar-refractivity contribution is -0.120. The molecule has 2 saturated heterocycles. The summed E-state index contributed by atoms with van der Waals surface area (Å²) in [4.78, 5) is 51.1. The predicted molar refractivity (Wildman–Crippen MR) is 213 cm³/mol. The molecule has 2 atom stereocenters. The lowest BCUT2D eigenvalue weighted by Gasteiger charge is -2.39. The Morgan fingerprint density at radius 1 is 1.09 bits per heavy atom. The molecule has 5 aromatic heterocycles. The van der Waals surface area contributed by atoms with E-state index in [9.17, 15) is 19.5 Å². The summed E-state index contributed by atoms with van der Waals surface area (Å²) >= 11 is 0. The molecule has 1 aliphatic carbocycles. The second-order valence-corrected chi connectivity index (χ2v) is 16.0. The van der Waals surface area contributed by atoms with Crippen molar-refractivity contribution < 1.29 is 24.2 Å². The molecule has 3 aliphatic rings. The van der Waals surface area contributed by atoms with Crippen LogP contribution in [0.15, 0.2) is 61.3 Å². The Morgan fingerprint density at radius 3 is 2.72 bits per heavy atom. The van der Waals surface area contributed by atoms with E-state index in [1.165, 1.54) is 4.90 Å². The number of aliphatic hydroxyl groups is 1. The molecule has 3 N–H and O–H groups in total. The highest BCUT2D eigenvalue weighted by Gasteiger charge is 2.33. The number of rotatable bonds is 9. The van der Waals surface area contributed by atoms with E-state index in [1.807, 2.05) is 49.7 Å². The summed E-state index contributed by atoms with van der Waals surface area (Å²) in [6.07, 6.45) is 13.6. The van der Waals surface area contributed by atoms with E-state index in [0.29, 0.717) is 53.4 Å². The number of β-amino-alcohol motifs (C(OH)–C–C–N with tert-alkyl or cyclic N) is 1.